The summed E-state index contributed by atoms with van der Waals surface area (Å²) in [5.41, 5.74) is 4.08. The van der Waals surface area contributed by atoms with E-state index in [1.54, 1.807) is 34.6 Å². The second kappa shape index (κ2) is 10.8. The van der Waals surface area contributed by atoms with Gasteiger partial charge in [-0.2, -0.15) is 0 Å². The number of carbonyl (C=O) groups is 5. The first-order valence-electron chi connectivity index (χ1n) is 12.3. The number of nitrogens with one attached hydrogen (secondary N) is 3. The fourth-order valence-corrected chi connectivity index (χ4v) is 5.14. The normalized spacial score (nSPS) is 24.6. The van der Waals surface area contributed by atoms with Crippen LogP contribution >= 0.6 is 0 Å². The molecule has 6 N–H and O–H groups in total. The van der Waals surface area contributed by atoms with E-state index >= 15 is 0 Å². The SMILES string of the molecule is CC(C)[C@H](NC(=O)N[C@H](C(=O)N1CC2C([C@H]1C(=O)N[C@@H](CC(F)F)C(N)=O)C2(C)C)C(C)(C)C)C(=O)O. The van der Waals surface area contributed by atoms with Crippen LogP contribution in [-0.4, -0.2) is 76.9 Å². The molecule has 0 aromatic rings. The standard InChI is InChI=1S/C24H39F2N5O6/c1-10(2)15(21(35)36)29-22(37)30-17(23(3,4)5)20(34)31-9-11-14(24(11,6)7)16(31)19(33)28-12(18(27)32)8-13(25)26/h10-17H,8-9H2,1-7H3,(H2,27,32)(H,28,33)(H,35,36)(H2,29,30,37)/t11?,12-,14?,15-,16-,17+/m0/s1. The molecule has 0 aromatic heterocycles. The summed E-state index contributed by atoms with van der Waals surface area (Å²) in [6, 6.07) is -5.83. The molecule has 2 unspecified atom stereocenters. The molecule has 1 aliphatic carbocycles. The average Bonchev–Trinajstić information content (AvgIpc) is 3.07. The number of nitrogens with two attached hydrogens (primary N) is 1. The Morgan fingerprint density at radius 2 is 1.65 bits per heavy atom. The maximum Gasteiger partial charge on any atom is 0.326 e. The molecule has 2 rings (SSSR count). The summed E-state index contributed by atoms with van der Waals surface area (Å²) in [6.07, 6.45) is -3.83. The monoisotopic (exact) mass is 531 g/mol. The van der Waals surface area contributed by atoms with Crippen molar-refractivity contribution in [2.75, 3.05) is 6.54 Å². The molecule has 1 heterocycles. The van der Waals surface area contributed by atoms with Gasteiger partial charge in [0.1, 0.15) is 24.2 Å². The molecule has 2 aliphatic rings. The van der Waals surface area contributed by atoms with Gasteiger partial charge in [-0.05, 0) is 28.6 Å². The van der Waals surface area contributed by atoms with Gasteiger partial charge in [-0.25, -0.2) is 18.4 Å². The molecule has 37 heavy (non-hydrogen) atoms. The van der Waals surface area contributed by atoms with Gasteiger partial charge in [-0.15, -0.1) is 0 Å². The molecule has 0 radical (unpaired) electrons. The minimum absolute atomic E-state index is 0.0406. The lowest BCUT2D eigenvalue weighted by molar-refractivity contribution is -0.144. The molecule has 13 heteroatoms. The van der Waals surface area contributed by atoms with Crippen LogP contribution in [0.5, 0.6) is 0 Å². The Morgan fingerprint density at radius 1 is 1.08 bits per heavy atom. The number of likely N-dealkylation sites (tertiary alicyclic amines) is 1. The van der Waals surface area contributed by atoms with Crippen LogP contribution in [0.1, 0.15) is 54.9 Å². The summed E-state index contributed by atoms with van der Waals surface area (Å²) in [6.45, 7) is 12.4. The quantitative estimate of drug-likeness (QED) is 0.281. The fourth-order valence-electron chi connectivity index (χ4n) is 5.14. The molecular weight excluding hydrogens is 492 g/mol. The third-order valence-corrected chi connectivity index (χ3v) is 7.44. The number of carboxylic acid groups (broad SMARTS) is 1. The maximum atomic E-state index is 13.7. The van der Waals surface area contributed by atoms with E-state index in [1.807, 2.05) is 13.8 Å². The largest absolute Gasteiger partial charge is 0.480 e. The van der Waals surface area contributed by atoms with Gasteiger partial charge in [0, 0.05) is 13.0 Å². The number of carbonyl (C=O) groups excluding carboxylic acids is 4. The number of rotatable bonds is 10. The van der Waals surface area contributed by atoms with Crippen molar-refractivity contribution in [3.63, 3.8) is 0 Å². The van der Waals surface area contributed by atoms with Gasteiger partial charge in [-0.1, -0.05) is 48.5 Å². The van der Waals surface area contributed by atoms with Gasteiger partial charge < -0.3 is 31.7 Å². The predicted octanol–water partition coefficient (Wildman–Crippen LogP) is 0.918. The number of amides is 5. The molecular formula is C24H39F2N5O6. The smallest absolute Gasteiger partial charge is 0.326 e. The number of alkyl halides is 2. The molecule has 1 saturated carbocycles. The third-order valence-electron chi connectivity index (χ3n) is 7.44. The lowest BCUT2D eigenvalue weighted by Crippen LogP contribution is -2.62. The van der Waals surface area contributed by atoms with Gasteiger partial charge in [0.2, 0.25) is 24.1 Å². The highest BCUT2D eigenvalue weighted by atomic mass is 19.3. The van der Waals surface area contributed by atoms with Crippen LogP contribution in [0, 0.1) is 28.6 Å². The van der Waals surface area contributed by atoms with Crippen LogP contribution in [0.4, 0.5) is 13.6 Å². The highest BCUT2D eigenvalue weighted by Crippen LogP contribution is 2.65. The van der Waals surface area contributed by atoms with Crippen molar-refractivity contribution in [2.24, 2.45) is 34.3 Å². The van der Waals surface area contributed by atoms with Crippen LogP contribution in [0.3, 0.4) is 0 Å². The number of urea groups is 1. The number of fused-ring (bicyclic) bond motifs is 1. The highest BCUT2D eigenvalue weighted by Gasteiger charge is 2.69. The molecule has 2 fully saturated rings. The Morgan fingerprint density at radius 3 is 2.08 bits per heavy atom. The molecule has 5 amide bonds. The summed E-state index contributed by atoms with van der Waals surface area (Å²) in [5.74, 6) is -4.41. The van der Waals surface area contributed by atoms with E-state index in [0.717, 1.165) is 0 Å². The first-order chi connectivity index (χ1) is 16.8. The number of aliphatic carboxylic acids is 1. The second-order valence-electron chi connectivity index (χ2n) is 12.0. The molecule has 210 valence electrons. The van der Waals surface area contributed by atoms with Crippen molar-refractivity contribution >= 4 is 29.7 Å². The number of hydrogen-bond donors (Lipinski definition) is 5. The summed E-state index contributed by atoms with van der Waals surface area (Å²) >= 11 is 0. The van der Waals surface area contributed by atoms with Crippen LogP contribution < -0.4 is 21.7 Å². The summed E-state index contributed by atoms with van der Waals surface area (Å²) in [4.78, 5) is 64.1. The molecule has 1 aliphatic heterocycles. The maximum absolute atomic E-state index is 13.7. The molecule has 0 bridgehead atoms. The van der Waals surface area contributed by atoms with Crippen LogP contribution in [0.15, 0.2) is 0 Å². The Bertz CT molecular complexity index is 935. The zero-order valence-electron chi connectivity index (χ0n) is 22.3. The zero-order chi connectivity index (χ0) is 28.6. The highest BCUT2D eigenvalue weighted by molar-refractivity contribution is 5.95. The number of primary amides is 1. The van der Waals surface area contributed by atoms with Crippen molar-refractivity contribution in [3.05, 3.63) is 0 Å². The Labute approximate surface area is 215 Å². The van der Waals surface area contributed by atoms with E-state index in [1.165, 1.54) is 4.90 Å². The van der Waals surface area contributed by atoms with Crippen molar-refractivity contribution < 1.29 is 37.9 Å². The number of carboxylic acids is 1. The minimum Gasteiger partial charge on any atom is -0.480 e. The molecule has 6 atom stereocenters. The number of hydrogen-bond acceptors (Lipinski definition) is 5. The Balaban J connectivity index is 2.29. The average molecular weight is 532 g/mol. The minimum atomic E-state index is -2.88. The molecule has 0 aromatic carbocycles. The van der Waals surface area contributed by atoms with Crippen molar-refractivity contribution in [3.8, 4) is 0 Å². The van der Waals surface area contributed by atoms with E-state index in [4.69, 9.17) is 5.73 Å². The van der Waals surface area contributed by atoms with Gasteiger partial charge in [0.25, 0.3) is 0 Å². The molecule has 1 saturated heterocycles. The Hall–Kier alpha value is -2.99. The number of piperidine rings is 1. The van der Waals surface area contributed by atoms with Crippen LogP contribution in [0.2, 0.25) is 0 Å². The van der Waals surface area contributed by atoms with E-state index in [9.17, 15) is 37.9 Å². The van der Waals surface area contributed by atoms with Crippen molar-refractivity contribution in [1.82, 2.24) is 20.9 Å². The lowest BCUT2D eigenvalue weighted by Gasteiger charge is -2.38. The summed E-state index contributed by atoms with van der Waals surface area (Å²) < 4.78 is 25.9. The van der Waals surface area contributed by atoms with E-state index in [0.29, 0.717) is 0 Å². The van der Waals surface area contributed by atoms with Crippen LogP contribution in [0.25, 0.3) is 0 Å². The molecule has 0 spiro atoms. The summed E-state index contributed by atoms with van der Waals surface area (Å²) in [7, 11) is 0. The zero-order valence-corrected chi connectivity index (χ0v) is 22.3. The van der Waals surface area contributed by atoms with Gasteiger partial charge in [-0.3, -0.25) is 14.4 Å². The number of halogens is 2. The topological polar surface area (TPSA) is 171 Å². The van der Waals surface area contributed by atoms with Gasteiger partial charge in [0.05, 0.1) is 0 Å². The number of nitrogens with zero attached hydrogens (tertiary/aromatic N) is 1. The second-order valence-corrected chi connectivity index (χ2v) is 12.0. The first kappa shape index (κ1) is 30.2. The fraction of sp³-hybridized carbons (Fsp3) is 0.792. The first-order valence-corrected chi connectivity index (χ1v) is 12.3. The van der Waals surface area contributed by atoms with E-state index in [2.05, 4.69) is 16.0 Å². The van der Waals surface area contributed by atoms with Crippen molar-refractivity contribution in [1.29, 1.82) is 0 Å². The van der Waals surface area contributed by atoms with Gasteiger partial charge >= 0.3 is 12.0 Å². The van der Waals surface area contributed by atoms with E-state index in [-0.39, 0.29) is 23.8 Å². The summed E-state index contributed by atoms with van der Waals surface area (Å²) in [5, 5.41) is 16.6. The van der Waals surface area contributed by atoms with Gasteiger partial charge in [0.15, 0.2) is 0 Å². The van der Waals surface area contributed by atoms with Crippen LogP contribution in [-0.2, 0) is 19.2 Å². The third kappa shape index (κ3) is 6.67. The predicted molar refractivity (Wildman–Crippen MR) is 129 cm³/mol. The van der Waals surface area contributed by atoms with E-state index < -0.39 is 78.1 Å². The lowest BCUT2D eigenvalue weighted by atomic mass is 9.85. The molecule has 11 nitrogen and oxygen atoms in total. The van der Waals surface area contributed by atoms with Crippen molar-refractivity contribution in [2.45, 2.75) is 85.5 Å². The Kier molecular flexibility index (Phi) is 8.81.